The van der Waals surface area contributed by atoms with E-state index in [1.807, 2.05) is 0 Å². The number of nitrogens with one attached hydrogen (secondary N) is 1. The van der Waals surface area contributed by atoms with Gasteiger partial charge in [-0.2, -0.15) is 0 Å². The molecule has 0 aromatic carbocycles. The number of carbonyl (C=O) groups is 2. The van der Waals surface area contributed by atoms with E-state index in [1.165, 1.54) is 6.07 Å². The van der Waals surface area contributed by atoms with Crippen molar-refractivity contribution in [3.05, 3.63) is 40.5 Å². The molecule has 2 N–H and O–H groups in total. The van der Waals surface area contributed by atoms with Crippen molar-refractivity contribution in [2.24, 2.45) is 0 Å². The Balaban J connectivity index is 1.54. The Kier molecular flexibility index (Phi) is 4.52. The molecule has 23 heavy (non-hydrogen) atoms. The van der Waals surface area contributed by atoms with Gasteiger partial charge in [-0.05, 0) is 25.0 Å². The number of carboxylic acids is 1. The number of carbonyl (C=O) groups excluding carboxylic acids is 1. The minimum atomic E-state index is -1.01. The van der Waals surface area contributed by atoms with Gasteiger partial charge in [0, 0.05) is 31.5 Å². The first-order valence-corrected chi connectivity index (χ1v) is 8.10. The van der Waals surface area contributed by atoms with Gasteiger partial charge >= 0.3 is 5.97 Å². The summed E-state index contributed by atoms with van der Waals surface area (Å²) < 4.78 is 0. The molecule has 8 heteroatoms. The lowest BCUT2D eigenvalue weighted by Gasteiger charge is -2.32. The molecule has 0 aliphatic carbocycles. The van der Waals surface area contributed by atoms with Crippen molar-refractivity contribution in [1.29, 1.82) is 0 Å². The normalized spacial score (nSPS) is 15.4. The number of nitrogens with zero attached hydrogens (tertiary/aromatic N) is 3. The van der Waals surface area contributed by atoms with Crippen LogP contribution in [-0.2, 0) is 0 Å². The second-order valence-electron chi connectivity index (χ2n) is 5.27. The van der Waals surface area contributed by atoms with Gasteiger partial charge in [0.05, 0.1) is 11.1 Å². The second kappa shape index (κ2) is 6.74. The van der Waals surface area contributed by atoms with Crippen molar-refractivity contribution in [2.45, 2.75) is 18.9 Å². The van der Waals surface area contributed by atoms with Gasteiger partial charge in [0.15, 0.2) is 0 Å². The van der Waals surface area contributed by atoms with Gasteiger partial charge in [0.25, 0.3) is 5.91 Å². The van der Waals surface area contributed by atoms with Crippen LogP contribution in [0.1, 0.15) is 32.2 Å². The monoisotopic (exact) mass is 332 g/mol. The fourth-order valence-corrected chi connectivity index (χ4v) is 3.29. The first-order valence-electron chi connectivity index (χ1n) is 7.28. The number of hydrogen-bond donors (Lipinski definition) is 2. The van der Waals surface area contributed by atoms with E-state index in [9.17, 15) is 9.59 Å². The van der Waals surface area contributed by atoms with E-state index in [4.69, 9.17) is 5.11 Å². The maximum Gasteiger partial charge on any atom is 0.345 e. The van der Waals surface area contributed by atoms with E-state index in [1.54, 1.807) is 24.7 Å². The van der Waals surface area contributed by atoms with Crippen LogP contribution in [0.3, 0.4) is 0 Å². The Morgan fingerprint density at radius 2 is 1.96 bits per heavy atom. The molecule has 0 radical (unpaired) electrons. The Hall–Kier alpha value is -2.48. The standard InChI is InChI=1S/C15H16N4O3S/c20-14(11-1-2-12(23-11)15(21)22)18-10-3-7-19(8-4-10)13-9-16-5-6-17-13/h1-2,5-6,9-10H,3-4,7-8H2,(H,18,20)(H,21,22). The number of aromatic nitrogens is 2. The molecule has 1 fully saturated rings. The zero-order chi connectivity index (χ0) is 16.2. The summed E-state index contributed by atoms with van der Waals surface area (Å²) >= 11 is 0.995. The van der Waals surface area contributed by atoms with Gasteiger partial charge in [0.2, 0.25) is 0 Å². The number of carboxylic acid groups (broad SMARTS) is 1. The van der Waals surface area contributed by atoms with E-state index in [-0.39, 0.29) is 16.8 Å². The molecule has 0 bridgehead atoms. The zero-order valence-corrected chi connectivity index (χ0v) is 13.1. The summed E-state index contributed by atoms with van der Waals surface area (Å²) in [6.45, 7) is 1.60. The highest BCUT2D eigenvalue weighted by Crippen LogP contribution is 2.19. The minimum Gasteiger partial charge on any atom is -0.477 e. The van der Waals surface area contributed by atoms with Gasteiger partial charge in [-0.15, -0.1) is 11.3 Å². The first-order chi connectivity index (χ1) is 11.1. The average Bonchev–Trinajstić information content (AvgIpc) is 3.07. The molecular formula is C15H16N4O3S. The third-order valence-corrected chi connectivity index (χ3v) is 4.82. The summed E-state index contributed by atoms with van der Waals surface area (Å²) in [4.78, 5) is 34.1. The molecule has 120 valence electrons. The van der Waals surface area contributed by atoms with E-state index in [0.29, 0.717) is 4.88 Å². The van der Waals surface area contributed by atoms with Crippen LogP contribution >= 0.6 is 11.3 Å². The number of piperidine rings is 1. The zero-order valence-electron chi connectivity index (χ0n) is 12.3. The van der Waals surface area contributed by atoms with Crippen molar-refractivity contribution >= 4 is 29.0 Å². The molecule has 2 aromatic rings. The number of anilines is 1. The summed E-state index contributed by atoms with van der Waals surface area (Å²) in [6, 6.07) is 3.10. The lowest BCUT2D eigenvalue weighted by molar-refractivity contribution is 0.0702. The summed E-state index contributed by atoms with van der Waals surface area (Å²) in [5.74, 6) is -0.367. The second-order valence-corrected chi connectivity index (χ2v) is 6.35. The first kappa shape index (κ1) is 15.4. The molecule has 1 saturated heterocycles. The molecule has 0 saturated carbocycles. The molecule has 1 aliphatic rings. The van der Waals surface area contributed by atoms with E-state index >= 15 is 0 Å². The van der Waals surface area contributed by atoms with Crippen molar-refractivity contribution in [3.63, 3.8) is 0 Å². The molecule has 0 unspecified atom stereocenters. The van der Waals surface area contributed by atoms with Gasteiger partial charge in [-0.3, -0.25) is 9.78 Å². The number of hydrogen-bond acceptors (Lipinski definition) is 6. The number of amides is 1. The van der Waals surface area contributed by atoms with Gasteiger partial charge in [0.1, 0.15) is 10.7 Å². The van der Waals surface area contributed by atoms with Crippen molar-refractivity contribution in [3.8, 4) is 0 Å². The molecule has 1 amide bonds. The van der Waals surface area contributed by atoms with Crippen molar-refractivity contribution in [2.75, 3.05) is 18.0 Å². The van der Waals surface area contributed by atoms with Crippen LogP contribution in [0.2, 0.25) is 0 Å². The predicted octanol–water partition coefficient (Wildman–Crippen LogP) is 1.64. The molecule has 0 atom stereocenters. The van der Waals surface area contributed by atoms with E-state index in [0.717, 1.165) is 43.1 Å². The van der Waals surface area contributed by atoms with Crippen LogP contribution in [-0.4, -0.2) is 46.1 Å². The Morgan fingerprint density at radius 3 is 2.57 bits per heavy atom. The van der Waals surface area contributed by atoms with Gasteiger partial charge in [-0.1, -0.05) is 0 Å². The third-order valence-electron chi connectivity index (χ3n) is 3.74. The molecule has 3 rings (SSSR count). The van der Waals surface area contributed by atoms with Crippen LogP contribution in [0.5, 0.6) is 0 Å². The highest BCUT2D eigenvalue weighted by atomic mass is 32.1. The Bertz CT molecular complexity index is 696. The van der Waals surface area contributed by atoms with Crippen LogP contribution in [0.15, 0.2) is 30.7 Å². The third kappa shape index (κ3) is 3.65. The lowest BCUT2D eigenvalue weighted by atomic mass is 10.1. The maximum absolute atomic E-state index is 12.2. The number of aromatic carboxylic acids is 1. The maximum atomic E-state index is 12.2. The molecule has 1 aliphatic heterocycles. The summed E-state index contributed by atoms with van der Waals surface area (Å²) in [5, 5.41) is 11.9. The number of rotatable bonds is 4. The summed E-state index contributed by atoms with van der Waals surface area (Å²) in [6.07, 6.45) is 6.68. The lowest BCUT2D eigenvalue weighted by Crippen LogP contribution is -2.44. The molecule has 7 nitrogen and oxygen atoms in total. The molecule has 2 aromatic heterocycles. The Labute approximate surface area is 137 Å². The fraction of sp³-hybridized carbons (Fsp3) is 0.333. The van der Waals surface area contributed by atoms with Crippen molar-refractivity contribution in [1.82, 2.24) is 15.3 Å². The van der Waals surface area contributed by atoms with Crippen LogP contribution in [0.4, 0.5) is 5.82 Å². The highest BCUT2D eigenvalue weighted by Gasteiger charge is 2.23. The summed E-state index contributed by atoms with van der Waals surface area (Å²) in [7, 11) is 0. The minimum absolute atomic E-state index is 0.0887. The number of thiophene rings is 1. The van der Waals surface area contributed by atoms with Crippen molar-refractivity contribution < 1.29 is 14.7 Å². The van der Waals surface area contributed by atoms with E-state index in [2.05, 4.69) is 20.2 Å². The highest BCUT2D eigenvalue weighted by molar-refractivity contribution is 7.15. The van der Waals surface area contributed by atoms with Gasteiger partial charge < -0.3 is 15.3 Å². The smallest absolute Gasteiger partial charge is 0.345 e. The average molecular weight is 332 g/mol. The molecule has 3 heterocycles. The SMILES string of the molecule is O=C(O)c1ccc(C(=O)NC2CCN(c3cnccn3)CC2)s1. The van der Waals surface area contributed by atoms with E-state index < -0.39 is 5.97 Å². The predicted molar refractivity (Wildman–Crippen MR) is 86.0 cm³/mol. The van der Waals surface area contributed by atoms with Crippen LogP contribution in [0, 0.1) is 0 Å². The fourth-order valence-electron chi connectivity index (χ4n) is 2.54. The molecular weight excluding hydrogens is 316 g/mol. The largest absolute Gasteiger partial charge is 0.477 e. The van der Waals surface area contributed by atoms with Crippen LogP contribution in [0.25, 0.3) is 0 Å². The molecule has 0 spiro atoms. The van der Waals surface area contributed by atoms with Crippen LogP contribution < -0.4 is 10.2 Å². The topological polar surface area (TPSA) is 95.4 Å². The summed E-state index contributed by atoms with van der Waals surface area (Å²) in [5.41, 5.74) is 0. The van der Waals surface area contributed by atoms with Gasteiger partial charge in [-0.25, -0.2) is 9.78 Å². The Morgan fingerprint density at radius 1 is 1.22 bits per heavy atom. The quantitative estimate of drug-likeness (QED) is 0.883.